The lowest BCUT2D eigenvalue weighted by molar-refractivity contribution is -0.160. The summed E-state index contributed by atoms with van der Waals surface area (Å²) in [6.45, 7) is 5.94. The smallest absolute Gasteiger partial charge is 0.313 e. The zero-order valence-electron chi connectivity index (χ0n) is 22.1. The molecule has 1 aromatic carbocycles. The van der Waals surface area contributed by atoms with E-state index in [9.17, 15) is 19.5 Å². The van der Waals surface area contributed by atoms with Crippen molar-refractivity contribution in [1.29, 1.82) is 0 Å². The van der Waals surface area contributed by atoms with Gasteiger partial charge in [0.1, 0.15) is 24.2 Å². The number of benzene rings is 1. The first-order valence-corrected chi connectivity index (χ1v) is 13.7. The minimum absolute atomic E-state index is 0.0999. The third-order valence-corrected chi connectivity index (χ3v) is 8.82. The van der Waals surface area contributed by atoms with Crippen molar-refractivity contribution in [3.05, 3.63) is 60.2 Å². The predicted molar refractivity (Wildman–Crippen MR) is 139 cm³/mol. The van der Waals surface area contributed by atoms with Crippen LogP contribution in [0.5, 0.6) is 0 Å². The second kappa shape index (κ2) is 10.2. The highest BCUT2D eigenvalue weighted by Gasteiger charge is 2.75. The normalized spacial score (nSPS) is 35.2. The minimum Gasteiger partial charge on any atom is -0.461 e. The Morgan fingerprint density at radius 2 is 1.77 bits per heavy atom. The largest absolute Gasteiger partial charge is 0.461 e. The molecule has 3 fully saturated rings. The third-order valence-electron chi connectivity index (χ3n) is 8.82. The quantitative estimate of drug-likeness (QED) is 0.414. The van der Waals surface area contributed by atoms with Crippen molar-refractivity contribution < 1.29 is 33.7 Å². The summed E-state index contributed by atoms with van der Waals surface area (Å²) in [7, 11) is 0. The molecule has 208 valence electrons. The number of aliphatic hydroxyl groups is 1. The molecule has 39 heavy (non-hydrogen) atoms. The van der Waals surface area contributed by atoms with Gasteiger partial charge in [-0.25, -0.2) is 0 Å². The molecule has 0 bridgehead atoms. The molecule has 1 unspecified atom stereocenters. The van der Waals surface area contributed by atoms with Crippen LogP contribution < -0.4 is 0 Å². The lowest BCUT2D eigenvalue weighted by Crippen LogP contribution is -2.57. The summed E-state index contributed by atoms with van der Waals surface area (Å²) in [5, 5.41) is 10.6. The first-order valence-electron chi connectivity index (χ1n) is 13.7. The van der Waals surface area contributed by atoms with E-state index < -0.39 is 47.0 Å². The molecule has 5 heterocycles. The molecule has 1 aromatic rings. The molecule has 2 amide bonds. The number of rotatable bonds is 6. The molecule has 5 aliphatic rings. The van der Waals surface area contributed by atoms with Crippen LogP contribution in [0, 0.1) is 11.8 Å². The van der Waals surface area contributed by atoms with Crippen molar-refractivity contribution in [1.82, 2.24) is 14.7 Å². The molecule has 0 saturated carbocycles. The Labute approximate surface area is 227 Å². The lowest BCUT2D eigenvalue weighted by atomic mass is 9.75. The van der Waals surface area contributed by atoms with Crippen molar-refractivity contribution in [3.8, 4) is 0 Å². The molecule has 6 atom stereocenters. The van der Waals surface area contributed by atoms with Gasteiger partial charge < -0.3 is 29.1 Å². The number of amides is 2. The van der Waals surface area contributed by atoms with E-state index in [1.165, 1.54) is 4.90 Å². The van der Waals surface area contributed by atoms with Gasteiger partial charge in [0.05, 0.1) is 37.4 Å². The number of nitrogens with zero attached hydrogens (tertiary/aromatic N) is 3. The van der Waals surface area contributed by atoms with Crippen molar-refractivity contribution in [2.45, 2.75) is 30.2 Å². The van der Waals surface area contributed by atoms with Crippen molar-refractivity contribution in [2.24, 2.45) is 11.8 Å². The number of ether oxygens (including phenoxy) is 3. The summed E-state index contributed by atoms with van der Waals surface area (Å²) in [5.41, 5.74) is -1.80. The summed E-state index contributed by atoms with van der Waals surface area (Å²) in [6.07, 6.45) is 7.20. The highest BCUT2D eigenvalue weighted by molar-refractivity contribution is 5.99. The summed E-state index contributed by atoms with van der Waals surface area (Å²) < 4.78 is 17.7. The second-order valence-corrected chi connectivity index (χ2v) is 11.0. The molecule has 0 radical (unpaired) electrons. The van der Waals surface area contributed by atoms with Crippen LogP contribution in [0.25, 0.3) is 0 Å². The standard InChI is InChI=1S/C29H35N3O7/c1-28-9-6-16-38-27(36)23(28)22-25(34)32(21(19-33)20-7-3-2-4-8-20)24-26(35)31(11-5-10-29(22,24)39-28)13-12-30-14-17-37-18-15-30/h2-10,21-24,33H,11-19H2,1H3/t21-,22+,23+,24?,28-,29+/m1/s1. The van der Waals surface area contributed by atoms with Crippen molar-refractivity contribution >= 4 is 17.8 Å². The van der Waals surface area contributed by atoms with E-state index >= 15 is 0 Å². The monoisotopic (exact) mass is 537 g/mol. The number of esters is 1. The van der Waals surface area contributed by atoms with Gasteiger partial charge in [0, 0.05) is 32.7 Å². The molecule has 5 aliphatic heterocycles. The number of cyclic esters (lactones) is 1. The molecule has 10 heteroatoms. The minimum atomic E-state index is -1.38. The Bertz CT molecular complexity index is 1180. The van der Waals surface area contributed by atoms with Gasteiger partial charge in [0.25, 0.3) is 0 Å². The lowest BCUT2D eigenvalue weighted by Gasteiger charge is -2.40. The van der Waals surface area contributed by atoms with Crippen LogP contribution in [0.1, 0.15) is 18.5 Å². The van der Waals surface area contributed by atoms with Crippen LogP contribution in [0.2, 0.25) is 0 Å². The number of carbonyl (C=O) groups excluding carboxylic acids is 3. The van der Waals surface area contributed by atoms with Gasteiger partial charge in [0.2, 0.25) is 11.8 Å². The van der Waals surface area contributed by atoms with Crippen LogP contribution in [-0.2, 0) is 28.6 Å². The molecule has 0 aliphatic carbocycles. The summed E-state index contributed by atoms with van der Waals surface area (Å²) in [5.74, 6) is -3.07. The zero-order chi connectivity index (χ0) is 27.2. The Morgan fingerprint density at radius 1 is 1.00 bits per heavy atom. The second-order valence-electron chi connectivity index (χ2n) is 11.0. The molecule has 1 spiro atoms. The molecular formula is C29H35N3O7. The van der Waals surface area contributed by atoms with E-state index in [-0.39, 0.29) is 19.1 Å². The van der Waals surface area contributed by atoms with Gasteiger partial charge >= 0.3 is 5.97 Å². The fraction of sp³-hybridized carbons (Fsp3) is 0.552. The van der Waals surface area contributed by atoms with E-state index in [0.29, 0.717) is 38.4 Å². The number of hydrogen-bond acceptors (Lipinski definition) is 8. The van der Waals surface area contributed by atoms with E-state index in [2.05, 4.69) is 4.90 Å². The number of fused-ring (bicyclic) bond motifs is 2. The van der Waals surface area contributed by atoms with Gasteiger partial charge in [-0.15, -0.1) is 0 Å². The number of carbonyl (C=O) groups is 3. The SMILES string of the molecule is C[C@@]12C=CCOC(=O)[C@@H]1[C@H]1C(=O)N([C@H](CO)c3ccccc3)C3C(=O)N(CCN4CCOCC4)CC=C[C@@]31O2. The molecule has 1 N–H and O–H groups in total. The maximum absolute atomic E-state index is 14.5. The third kappa shape index (κ3) is 4.21. The zero-order valence-corrected chi connectivity index (χ0v) is 22.1. The average Bonchev–Trinajstić information content (AvgIpc) is 3.21. The highest BCUT2D eigenvalue weighted by Crippen LogP contribution is 2.58. The van der Waals surface area contributed by atoms with Crippen LogP contribution in [0.4, 0.5) is 0 Å². The fourth-order valence-electron chi connectivity index (χ4n) is 6.99. The van der Waals surface area contributed by atoms with E-state index in [4.69, 9.17) is 14.2 Å². The Hall–Kier alpha value is -3.05. The predicted octanol–water partition coefficient (Wildman–Crippen LogP) is 0.535. The Balaban J connectivity index is 1.42. The van der Waals surface area contributed by atoms with Gasteiger partial charge in [-0.1, -0.05) is 48.6 Å². The molecule has 3 saturated heterocycles. The van der Waals surface area contributed by atoms with Crippen LogP contribution in [0.3, 0.4) is 0 Å². The Morgan fingerprint density at radius 3 is 2.51 bits per heavy atom. The van der Waals surface area contributed by atoms with Gasteiger partial charge in [-0.3, -0.25) is 19.3 Å². The van der Waals surface area contributed by atoms with Crippen molar-refractivity contribution in [2.75, 3.05) is 59.2 Å². The Kier molecular flexibility index (Phi) is 6.83. The number of morpholine rings is 1. The van der Waals surface area contributed by atoms with E-state index in [0.717, 1.165) is 13.1 Å². The van der Waals surface area contributed by atoms with Crippen molar-refractivity contribution in [3.63, 3.8) is 0 Å². The summed E-state index contributed by atoms with van der Waals surface area (Å²) in [6, 6.07) is 7.34. The summed E-state index contributed by atoms with van der Waals surface area (Å²) >= 11 is 0. The van der Waals surface area contributed by atoms with Crippen LogP contribution >= 0.6 is 0 Å². The number of hydrogen-bond donors (Lipinski definition) is 1. The van der Waals surface area contributed by atoms with Crippen LogP contribution in [-0.4, -0.2) is 114 Å². The molecular weight excluding hydrogens is 502 g/mol. The maximum atomic E-state index is 14.5. The van der Waals surface area contributed by atoms with Crippen LogP contribution in [0.15, 0.2) is 54.6 Å². The fourth-order valence-corrected chi connectivity index (χ4v) is 6.99. The topological polar surface area (TPSA) is 109 Å². The summed E-state index contributed by atoms with van der Waals surface area (Å²) in [4.78, 5) is 47.7. The highest BCUT2D eigenvalue weighted by atomic mass is 16.6. The van der Waals surface area contributed by atoms with Gasteiger partial charge in [-0.05, 0) is 18.6 Å². The van der Waals surface area contributed by atoms with Gasteiger partial charge in [-0.2, -0.15) is 0 Å². The first kappa shape index (κ1) is 26.2. The maximum Gasteiger partial charge on any atom is 0.313 e. The number of likely N-dealkylation sites (tertiary alicyclic amines) is 1. The molecule has 10 nitrogen and oxygen atoms in total. The first-order chi connectivity index (χ1) is 18.9. The van der Waals surface area contributed by atoms with Gasteiger partial charge in [0.15, 0.2) is 0 Å². The average molecular weight is 538 g/mol. The molecule has 6 rings (SSSR count). The van der Waals surface area contributed by atoms with E-state index in [1.54, 1.807) is 24.0 Å². The number of aliphatic hydroxyl groups excluding tert-OH is 1. The molecule has 0 aromatic heterocycles. The van der Waals surface area contributed by atoms with E-state index in [1.807, 2.05) is 42.5 Å².